The van der Waals surface area contributed by atoms with Crippen LogP contribution in [0.3, 0.4) is 0 Å². The van der Waals surface area contributed by atoms with Crippen molar-refractivity contribution < 1.29 is 0 Å². The number of nitrogens with zero attached hydrogens (tertiary/aromatic N) is 2. The number of unbranched alkanes of at least 4 members (excludes halogenated alkanes) is 1. The van der Waals surface area contributed by atoms with Crippen LogP contribution in [0.15, 0.2) is 18.5 Å². The molecular weight excluding hydrogens is 164 g/mol. The first-order valence-corrected chi connectivity index (χ1v) is 4.61. The second kappa shape index (κ2) is 5.61. The van der Waals surface area contributed by atoms with Gasteiger partial charge < -0.3 is 0 Å². The summed E-state index contributed by atoms with van der Waals surface area (Å²) in [5.41, 5.74) is 3.89. The van der Waals surface area contributed by atoms with Crippen LogP contribution in [-0.4, -0.2) is 10.2 Å². The van der Waals surface area contributed by atoms with E-state index in [1.807, 2.05) is 6.07 Å². The lowest BCUT2D eigenvalue weighted by atomic mass is 10.0. The Morgan fingerprint density at radius 1 is 1.54 bits per heavy atom. The Balaban J connectivity index is 2.56. The Kier molecular flexibility index (Phi) is 4.35. The van der Waals surface area contributed by atoms with Crippen LogP contribution < -0.4 is 11.3 Å². The van der Waals surface area contributed by atoms with Gasteiger partial charge in [0, 0.05) is 12.2 Å². The molecule has 0 aliphatic rings. The van der Waals surface area contributed by atoms with Crippen molar-refractivity contribution in [3.05, 3.63) is 24.0 Å². The van der Waals surface area contributed by atoms with Crippen molar-refractivity contribution in [1.29, 1.82) is 0 Å². The van der Waals surface area contributed by atoms with Gasteiger partial charge >= 0.3 is 0 Å². The normalized spacial score (nSPS) is 12.8. The van der Waals surface area contributed by atoms with Gasteiger partial charge in [0.2, 0.25) is 0 Å². The minimum absolute atomic E-state index is 0.204. The Labute approximate surface area is 78.5 Å². The molecule has 3 N–H and O–H groups in total. The van der Waals surface area contributed by atoms with Gasteiger partial charge in [-0.15, -0.1) is 0 Å². The predicted octanol–water partition coefficient (Wildman–Crippen LogP) is 1.17. The van der Waals surface area contributed by atoms with Crippen LogP contribution in [0.2, 0.25) is 0 Å². The lowest BCUT2D eigenvalue weighted by Crippen LogP contribution is -2.28. The molecule has 72 valence electrons. The van der Waals surface area contributed by atoms with E-state index < -0.39 is 0 Å². The third kappa shape index (κ3) is 3.08. The van der Waals surface area contributed by atoms with Crippen LogP contribution in [0.5, 0.6) is 0 Å². The van der Waals surface area contributed by atoms with E-state index in [1.54, 1.807) is 12.4 Å². The van der Waals surface area contributed by atoms with E-state index >= 15 is 0 Å². The van der Waals surface area contributed by atoms with Crippen molar-refractivity contribution >= 4 is 0 Å². The zero-order chi connectivity index (χ0) is 9.52. The molecule has 4 heteroatoms. The summed E-state index contributed by atoms with van der Waals surface area (Å²) in [7, 11) is 0. The van der Waals surface area contributed by atoms with Crippen LogP contribution in [0.25, 0.3) is 0 Å². The summed E-state index contributed by atoms with van der Waals surface area (Å²) in [6.07, 6.45) is 6.82. The number of hydrogen-bond donors (Lipinski definition) is 2. The highest BCUT2D eigenvalue weighted by atomic mass is 15.2. The Bertz CT molecular complexity index is 224. The Morgan fingerprint density at radius 3 is 2.92 bits per heavy atom. The predicted molar refractivity (Wildman–Crippen MR) is 51.6 cm³/mol. The van der Waals surface area contributed by atoms with Gasteiger partial charge in [-0.3, -0.25) is 11.3 Å². The molecule has 1 unspecified atom stereocenters. The molecule has 0 fully saturated rings. The topological polar surface area (TPSA) is 63.8 Å². The molecule has 4 nitrogen and oxygen atoms in total. The highest BCUT2D eigenvalue weighted by Crippen LogP contribution is 2.16. The van der Waals surface area contributed by atoms with E-state index in [4.69, 9.17) is 5.84 Å². The standard InChI is InChI=1S/C9H16N4/c1-2-3-4-9(13-10)8-5-6-11-12-7-8/h5-7,9,13H,2-4,10H2,1H3. The second-order valence-electron chi connectivity index (χ2n) is 3.04. The van der Waals surface area contributed by atoms with Gasteiger partial charge in [-0.1, -0.05) is 19.8 Å². The van der Waals surface area contributed by atoms with Gasteiger partial charge in [0.25, 0.3) is 0 Å². The summed E-state index contributed by atoms with van der Waals surface area (Å²) in [6.45, 7) is 2.17. The third-order valence-corrected chi connectivity index (χ3v) is 2.06. The highest BCUT2D eigenvalue weighted by molar-refractivity contribution is 5.10. The summed E-state index contributed by atoms with van der Waals surface area (Å²) < 4.78 is 0. The van der Waals surface area contributed by atoms with Crippen molar-refractivity contribution in [2.45, 2.75) is 32.2 Å². The first-order valence-electron chi connectivity index (χ1n) is 4.61. The summed E-state index contributed by atoms with van der Waals surface area (Å²) in [5, 5.41) is 7.54. The molecule has 0 saturated carbocycles. The fraction of sp³-hybridized carbons (Fsp3) is 0.556. The van der Waals surface area contributed by atoms with Crippen molar-refractivity contribution in [3.63, 3.8) is 0 Å². The zero-order valence-electron chi connectivity index (χ0n) is 7.90. The number of rotatable bonds is 5. The number of aromatic nitrogens is 2. The monoisotopic (exact) mass is 180 g/mol. The van der Waals surface area contributed by atoms with E-state index in [1.165, 1.54) is 6.42 Å². The molecule has 1 rings (SSSR count). The minimum atomic E-state index is 0.204. The van der Waals surface area contributed by atoms with Crippen LogP contribution in [0.4, 0.5) is 0 Å². The Morgan fingerprint density at radius 2 is 2.38 bits per heavy atom. The maximum atomic E-state index is 5.45. The van der Waals surface area contributed by atoms with Crippen molar-refractivity contribution in [2.24, 2.45) is 5.84 Å². The van der Waals surface area contributed by atoms with Gasteiger partial charge in [0.15, 0.2) is 0 Å². The number of nitrogens with two attached hydrogens (primary N) is 1. The molecule has 1 aromatic rings. The zero-order valence-corrected chi connectivity index (χ0v) is 7.90. The number of nitrogens with one attached hydrogen (secondary N) is 1. The minimum Gasteiger partial charge on any atom is -0.271 e. The first-order chi connectivity index (χ1) is 6.38. The van der Waals surface area contributed by atoms with Crippen LogP contribution >= 0.6 is 0 Å². The van der Waals surface area contributed by atoms with Gasteiger partial charge in [-0.2, -0.15) is 10.2 Å². The number of hydrazine groups is 1. The quantitative estimate of drug-likeness (QED) is 0.527. The molecule has 0 aliphatic carbocycles. The summed E-state index contributed by atoms with van der Waals surface area (Å²) >= 11 is 0. The molecule has 0 bridgehead atoms. The van der Waals surface area contributed by atoms with Gasteiger partial charge in [0.1, 0.15) is 0 Å². The molecule has 0 saturated heterocycles. The molecule has 1 atom stereocenters. The van der Waals surface area contributed by atoms with Gasteiger partial charge in [-0.25, -0.2) is 0 Å². The average molecular weight is 180 g/mol. The molecule has 0 aliphatic heterocycles. The fourth-order valence-electron chi connectivity index (χ4n) is 1.26. The average Bonchev–Trinajstić information content (AvgIpc) is 2.21. The highest BCUT2D eigenvalue weighted by Gasteiger charge is 2.07. The molecule has 0 aromatic carbocycles. The smallest absolute Gasteiger partial charge is 0.0544 e. The van der Waals surface area contributed by atoms with Crippen molar-refractivity contribution in [1.82, 2.24) is 15.6 Å². The summed E-state index contributed by atoms with van der Waals surface area (Å²) in [6, 6.07) is 2.14. The van der Waals surface area contributed by atoms with Crippen LogP contribution in [-0.2, 0) is 0 Å². The van der Waals surface area contributed by atoms with E-state index in [2.05, 4.69) is 22.5 Å². The molecule has 0 radical (unpaired) electrons. The van der Waals surface area contributed by atoms with E-state index in [-0.39, 0.29) is 6.04 Å². The largest absolute Gasteiger partial charge is 0.271 e. The van der Waals surface area contributed by atoms with Crippen LogP contribution in [0.1, 0.15) is 37.8 Å². The SMILES string of the molecule is CCCCC(NN)c1ccnnc1. The molecule has 13 heavy (non-hydrogen) atoms. The third-order valence-electron chi connectivity index (χ3n) is 2.06. The van der Waals surface area contributed by atoms with Crippen LogP contribution in [0, 0.1) is 0 Å². The first kappa shape index (κ1) is 10.1. The maximum absolute atomic E-state index is 5.45. The molecule has 1 heterocycles. The van der Waals surface area contributed by atoms with E-state index in [9.17, 15) is 0 Å². The summed E-state index contributed by atoms with van der Waals surface area (Å²) in [5.74, 6) is 5.45. The van der Waals surface area contributed by atoms with Gasteiger partial charge in [0.05, 0.1) is 6.20 Å². The lowest BCUT2D eigenvalue weighted by Gasteiger charge is -2.14. The van der Waals surface area contributed by atoms with Crippen molar-refractivity contribution in [2.75, 3.05) is 0 Å². The molecule has 0 spiro atoms. The Hall–Kier alpha value is -1.00. The molecule has 0 amide bonds. The lowest BCUT2D eigenvalue weighted by molar-refractivity contribution is 0.493. The number of hydrogen-bond acceptors (Lipinski definition) is 4. The van der Waals surface area contributed by atoms with Gasteiger partial charge in [-0.05, 0) is 18.1 Å². The molecular formula is C9H16N4. The maximum Gasteiger partial charge on any atom is 0.0544 e. The second-order valence-corrected chi connectivity index (χ2v) is 3.04. The molecule has 1 aromatic heterocycles. The van der Waals surface area contributed by atoms with Crippen molar-refractivity contribution in [3.8, 4) is 0 Å². The van der Waals surface area contributed by atoms with E-state index in [0.717, 1.165) is 18.4 Å². The summed E-state index contributed by atoms with van der Waals surface area (Å²) in [4.78, 5) is 0. The van der Waals surface area contributed by atoms with E-state index in [0.29, 0.717) is 0 Å². The fourth-order valence-corrected chi connectivity index (χ4v) is 1.26.